The van der Waals surface area contributed by atoms with Gasteiger partial charge in [-0.3, -0.25) is 9.82 Å². The van der Waals surface area contributed by atoms with Gasteiger partial charge in [0.05, 0.1) is 16.8 Å². The van der Waals surface area contributed by atoms with E-state index in [2.05, 4.69) is 30.8 Å². The lowest BCUT2D eigenvalue weighted by Gasteiger charge is -2.07. The van der Waals surface area contributed by atoms with Crippen LogP contribution in [0.4, 0.5) is 11.4 Å². The molecular weight excluding hydrogens is 308 g/mol. The van der Waals surface area contributed by atoms with Gasteiger partial charge in [0.25, 0.3) is 10.0 Å². The Morgan fingerprint density at radius 3 is 2.76 bits per heavy atom. The van der Waals surface area contributed by atoms with Gasteiger partial charge in [0.15, 0.2) is 0 Å². The van der Waals surface area contributed by atoms with Crippen LogP contribution in [-0.4, -0.2) is 18.6 Å². The number of aromatic amines is 1. The molecule has 17 heavy (non-hydrogen) atoms. The highest BCUT2D eigenvalue weighted by atomic mass is 79.9. The first kappa shape index (κ1) is 11.9. The molecule has 1 aromatic carbocycles. The summed E-state index contributed by atoms with van der Waals surface area (Å²) in [4.78, 5) is 0.125. The van der Waals surface area contributed by atoms with Gasteiger partial charge in [-0.25, -0.2) is 8.42 Å². The molecule has 0 amide bonds. The summed E-state index contributed by atoms with van der Waals surface area (Å²) in [7, 11) is -3.62. The van der Waals surface area contributed by atoms with Crippen LogP contribution in [0.5, 0.6) is 0 Å². The zero-order valence-electron chi connectivity index (χ0n) is 8.51. The van der Waals surface area contributed by atoms with Crippen LogP contribution in [0.2, 0.25) is 0 Å². The Labute approximate surface area is 106 Å². The van der Waals surface area contributed by atoms with Crippen molar-refractivity contribution in [1.82, 2.24) is 10.2 Å². The Balaban J connectivity index is 2.35. The number of hydrogen-bond donors (Lipinski definition) is 3. The first-order valence-electron chi connectivity index (χ1n) is 4.56. The van der Waals surface area contributed by atoms with Gasteiger partial charge in [-0.1, -0.05) is 0 Å². The van der Waals surface area contributed by atoms with Crippen molar-refractivity contribution in [3.05, 3.63) is 35.1 Å². The topological polar surface area (TPSA) is 101 Å². The number of anilines is 2. The second kappa shape index (κ2) is 4.38. The molecule has 0 saturated carbocycles. The predicted octanol–water partition coefficient (Wildman–Crippen LogP) is 1.56. The normalized spacial score (nSPS) is 11.4. The van der Waals surface area contributed by atoms with Gasteiger partial charge in [-0.15, -0.1) is 0 Å². The molecule has 0 spiro atoms. The van der Waals surface area contributed by atoms with Gasteiger partial charge in [0.2, 0.25) is 0 Å². The van der Waals surface area contributed by atoms with Crippen LogP contribution in [-0.2, 0) is 10.0 Å². The summed E-state index contributed by atoms with van der Waals surface area (Å²) in [5.74, 6) is 0. The molecule has 90 valence electrons. The van der Waals surface area contributed by atoms with Crippen molar-refractivity contribution >= 4 is 37.3 Å². The molecule has 0 fully saturated rings. The quantitative estimate of drug-likeness (QED) is 0.748. The van der Waals surface area contributed by atoms with Crippen molar-refractivity contribution in [1.29, 1.82) is 0 Å². The van der Waals surface area contributed by atoms with Gasteiger partial charge in [-0.05, 0) is 34.1 Å². The molecule has 0 unspecified atom stereocenters. The first-order chi connectivity index (χ1) is 7.99. The first-order valence-corrected chi connectivity index (χ1v) is 6.83. The van der Waals surface area contributed by atoms with Crippen molar-refractivity contribution in [3.8, 4) is 0 Å². The molecule has 6 nitrogen and oxygen atoms in total. The van der Waals surface area contributed by atoms with Crippen LogP contribution in [0.15, 0.2) is 40.0 Å². The zero-order valence-corrected chi connectivity index (χ0v) is 10.9. The lowest BCUT2D eigenvalue weighted by molar-refractivity contribution is 0.601. The van der Waals surface area contributed by atoms with Crippen molar-refractivity contribution in [2.24, 2.45) is 0 Å². The van der Waals surface area contributed by atoms with Crippen LogP contribution in [0.1, 0.15) is 0 Å². The molecule has 0 bridgehead atoms. The minimum Gasteiger partial charge on any atom is -0.398 e. The van der Waals surface area contributed by atoms with Gasteiger partial charge in [0, 0.05) is 16.4 Å². The van der Waals surface area contributed by atoms with Crippen LogP contribution in [0.25, 0.3) is 0 Å². The van der Waals surface area contributed by atoms with Crippen LogP contribution in [0, 0.1) is 0 Å². The highest BCUT2D eigenvalue weighted by molar-refractivity contribution is 9.10. The van der Waals surface area contributed by atoms with E-state index in [1.54, 1.807) is 0 Å². The Morgan fingerprint density at radius 1 is 1.41 bits per heavy atom. The van der Waals surface area contributed by atoms with E-state index >= 15 is 0 Å². The molecule has 0 aliphatic rings. The van der Waals surface area contributed by atoms with Gasteiger partial charge < -0.3 is 5.73 Å². The SMILES string of the molecule is Nc1ccc(S(=O)(=O)Nc2cn[nH]c2)cc1Br. The Hall–Kier alpha value is -1.54. The Morgan fingerprint density at radius 2 is 2.18 bits per heavy atom. The molecule has 4 N–H and O–H groups in total. The van der Waals surface area contributed by atoms with E-state index in [1.165, 1.54) is 30.6 Å². The maximum atomic E-state index is 11.9. The highest BCUT2D eigenvalue weighted by Crippen LogP contribution is 2.24. The third kappa shape index (κ3) is 2.59. The maximum Gasteiger partial charge on any atom is 0.262 e. The second-order valence-electron chi connectivity index (χ2n) is 3.28. The maximum absolute atomic E-state index is 11.9. The molecule has 2 rings (SSSR count). The van der Waals surface area contributed by atoms with Crippen LogP contribution in [0.3, 0.4) is 0 Å². The summed E-state index contributed by atoms with van der Waals surface area (Å²) in [6, 6.07) is 4.40. The number of nitrogen functional groups attached to an aromatic ring is 1. The number of benzene rings is 1. The third-order valence-electron chi connectivity index (χ3n) is 2.03. The number of sulfonamides is 1. The molecule has 0 saturated heterocycles. The van der Waals surface area contributed by atoms with Gasteiger partial charge >= 0.3 is 0 Å². The summed E-state index contributed by atoms with van der Waals surface area (Å²) in [5, 5.41) is 6.17. The number of rotatable bonds is 3. The minimum atomic E-state index is -3.62. The third-order valence-corrected chi connectivity index (χ3v) is 4.10. The van der Waals surface area contributed by atoms with Gasteiger partial charge in [-0.2, -0.15) is 5.10 Å². The monoisotopic (exact) mass is 316 g/mol. The van der Waals surface area contributed by atoms with E-state index in [-0.39, 0.29) is 4.90 Å². The molecule has 8 heteroatoms. The number of hydrogen-bond acceptors (Lipinski definition) is 4. The van der Waals surface area contributed by atoms with Crippen LogP contribution >= 0.6 is 15.9 Å². The Bertz CT molecular complexity index is 624. The molecule has 0 aliphatic carbocycles. The number of nitrogens with zero attached hydrogens (tertiary/aromatic N) is 1. The molecular formula is C9H9BrN4O2S. The molecule has 1 aromatic heterocycles. The molecule has 1 heterocycles. The van der Waals surface area contributed by atoms with Crippen molar-refractivity contribution in [3.63, 3.8) is 0 Å². The summed E-state index contributed by atoms with van der Waals surface area (Å²) in [5.41, 5.74) is 6.44. The molecule has 0 aliphatic heterocycles. The van der Waals surface area contributed by atoms with Crippen LogP contribution < -0.4 is 10.5 Å². The van der Waals surface area contributed by atoms with Crippen molar-refractivity contribution in [2.75, 3.05) is 10.5 Å². The van der Waals surface area contributed by atoms with Gasteiger partial charge in [0.1, 0.15) is 0 Å². The van der Waals surface area contributed by atoms with Crippen molar-refractivity contribution in [2.45, 2.75) is 4.90 Å². The van der Waals surface area contributed by atoms with E-state index < -0.39 is 10.0 Å². The lowest BCUT2D eigenvalue weighted by atomic mass is 10.3. The fraction of sp³-hybridized carbons (Fsp3) is 0. The van der Waals surface area contributed by atoms with E-state index in [0.717, 1.165) is 0 Å². The summed E-state index contributed by atoms with van der Waals surface area (Å²) in [6.07, 6.45) is 2.83. The Kier molecular flexibility index (Phi) is 3.07. The zero-order chi connectivity index (χ0) is 12.5. The average molecular weight is 317 g/mol. The predicted molar refractivity (Wildman–Crippen MR) is 68.0 cm³/mol. The number of nitrogens with one attached hydrogen (secondary N) is 2. The standard InChI is InChI=1S/C9H9BrN4O2S/c10-8-3-7(1-2-9(8)11)17(15,16)14-6-4-12-13-5-6/h1-5,14H,11H2,(H,12,13). The second-order valence-corrected chi connectivity index (χ2v) is 5.81. The molecule has 0 atom stereocenters. The van der Waals surface area contributed by atoms with E-state index in [9.17, 15) is 8.42 Å². The summed E-state index contributed by atoms with van der Waals surface area (Å²) in [6.45, 7) is 0. The number of H-pyrrole nitrogens is 1. The largest absolute Gasteiger partial charge is 0.398 e. The number of halogens is 1. The number of aromatic nitrogens is 2. The summed E-state index contributed by atoms with van der Waals surface area (Å²) >= 11 is 3.18. The molecule has 0 radical (unpaired) electrons. The van der Waals surface area contributed by atoms with Crippen molar-refractivity contribution < 1.29 is 8.42 Å². The van der Waals surface area contributed by atoms with E-state index in [1.807, 2.05) is 0 Å². The highest BCUT2D eigenvalue weighted by Gasteiger charge is 2.15. The fourth-order valence-corrected chi connectivity index (χ4v) is 2.79. The van der Waals surface area contributed by atoms with E-state index in [0.29, 0.717) is 15.8 Å². The number of nitrogens with two attached hydrogens (primary N) is 1. The van der Waals surface area contributed by atoms with E-state index in [4.69, 9.17) is 5.73 Å². The fourth-order valence-electron chi connectivity index (χ4n) is 1.20. The summed E-state index contributed by atoms with van der Waals surface area (Å²) < 4.78 is 26.8. The average Bonchev–Trinajstić information content (AvgIpc) is 2.73. The minimum absolute atomic E-state index is 0.125. The smallest absolute Gasteiger partial charge is 0.262 e. The molecule has 2 aromatic rings. The lowest BCUT2D eigenvalue weighted by Crippen LogP contribution is -2.12.